The molecule has 0 bridgehead atoms. The zero-order chi connectivity index (χ0) is 14.9. The average molecular weight is 301 g/mol. The summed E-state index contributed by atoms with van der Waals surface area (Å²) in [7, 11) is -1.70. The van der Waals surface area contributed by atoms with E-state index in [0.29, 0.717) is 5.95 Å². The van der Waals surface area contributed by atoms with E-state index in [4.69, 9.17) is 0 Å². The molecule has 2 aromatic carbocycles. The van der Waals surface area contributed by atoms with Crippen LogP contribution in [0.15, 0.2) is 54.6 Å². The molecule has 0 fully saturated rings. The van der Waals surface area contributed by atoms with Crippen LogP contribution in [0.25, 0.3) is 11.0 Å². The number of rotatable bonds is 4. The quantitative estimate of drug-likeness (QED) is 0.805. The lowest BCUT2D eigenvalue weighted by Crippen LogP contribution is -2.17. The number of anilines is 1. The Kier molecular flexibility index (Phi) is 3.39. The summed E-state index contributed by atoms with van der Waals surface area (Å²) in [6.07, 6.45) is 0. The van der Waals surface area contributed by atoms with Gasteiger partial charge in [-0.2, -0.15) is 0 Å². The second kappa shape index (κ2) is 5.21. The van der Waals surface area contributed by atoms with Gasteiger partial charge in [-0.1, -0.05) is 42.5 Å². The largest absolute Gasteiger partial charge is 0.313 e. The van der Waals surface area contributed by atoms with Crippen LogP contribution in [0.2, 0.25) is 0 Å². The number of aryl methyl sites for hydroxylation is 1. The average Bonchev–Trinajstić information content (AvgIpc) is 2.76. The molecule has 0 aliphatic rings. The molecule has 0 radical (unpaired) electrons. The highest BCUT2D eigenvalue weighted by molar-refractivity contribution is 7.91. The Bertz CT molecular complexity index is 870. The van der Waals surface area contributed by atoms with Crippen molar-refractivity contribution in [1.82, 2.24) is 9.55 Å². The second-order valence-corrected chi connectivity index (χ2v) is 6.55. The molecular weight excluding hydrogens is 286 g/mol. The van der Waals surface area contributed by atoms with Crippen LogP contribution in [0.4, 0.5) is 5.95 Å². The zero-order valence-corrected chi connectivity index (χ0v) is 12.3. The van der Waals surface area contributed by atoms with E-state index < -0.39 is 10.0 Å². The van der Waals surface area contributed by atoms with E-state index in [1.165, 1.54) is 0 Å². The zero-order valence-electron chi connectivity index (χ0n) is 11.5. The molecule has 21 heavy (non-hydrogen) atoms. The Morgan fingerprint density at radius 2 is 1.71 bits per heavy atom. The minimum absolute atomic E-state index is 0.0724. The Balaban J connectivity index is 1.89. The maximum absolute atomic E-state index is 12.2. The molecule has 1 heterocycles. The van der Waals surface area contributed by atoms with Crippen LogP contribution in [0.3, 0.4) is 0 Å². The molecule has 0 saturated heterocycles. The number of para-hydroxylation sites is 2. The van der Waals surface area contributed by atoms with Crippen LogP contribution in [-0.4, -0.2) is 18.0 Å². The highest BCUT2D eigenvalue weighted by Crippen LogP contribution is 2.19. The fraction of sp³-hybridized carbons (Fsp3) is 0.133. The van der Waals surface area contributed by atoms with Gasteiger partial charge in [-0.05, 0) is 17.7 Å². The van der Waals surface area contributed by atoms with Crippen LogP contribution < -0.4 is 4.72 Å². The van der Waals surface area contributed by atoms with Gasteiger partial charge in [0.15, 0.2) is 0 Å². The molecule has 0 amide bonds. The maximum atomic E-state index is 12.2. The summed E-state index contributed by atoms with van der Waals surface area (Å²) in [5.74, 6) is 0.254. The molecule has 1 N–H and O–H groups in total. The Morgan fingerprint density at radius 3 is 2.43 bits per heavy atom. The van der Waals surface area contributed by atoms with Crippen molar-refractivity contribution in [2.24, 2.45) is 7.05 Å². The number of aromatic nitrogens is 2. The van der Waals surface area contributed by atoms with Gasteiger partial charge in [-0.3, -0.25) is 4.72 Å². The van der Waals surface area contributed by atoms with Gasteiger partial charge in [-0.15, -0.1) is 0 Å². The van der Waals surface area contributed by atoms with E-state index in [1.54, 1.807) is 23.7 Å². The third-order valence-corrected chi connectivity index (χ3v) is 4.44. The van der Waals surface area contributed by atoms with Gasteiger partial charge in [0.05, 0.1) is 16.8 Å². The summed E-state index contributed by atoms with van der Waals surface area (Å²) in [5.41, 5.74) is 2.39. The Labute approximate surface area is 123 Å². The molecule has 108 valence electrons. The number of benzene rings is 2. The number of hydrogen-bond donors (Lipinski definition) is 1. The van der Waals surface area contributed by atoms with Crippen LogP contribution in [0, 0.1) is 0 Å². The highest BCUT2D eigenvalue weighted by Gasteiger charge is 2.16. The summed E-state index contributed by atoms with van der Waals surface area (Å²) in [6.45, 7) is 0. The van der Waals surface area contributed by atoms with Crippen molar-refractivity contribution in [1.29, 1.82) is 0 Å². The summed E-state index contributed by atoms with van der Waals surface area (Å²) < 4.78 is 28.8. The lowest BCUT2D eigenvalue weighted by atomic mass is 10.2. The van der Waals surface area contributed by atoms with Crippen molar-refractivity contribution in [3.05, 3.63) is 60.2 Å². The summed E-state index contributed by atoms with van der Waals surface area (Å²) in [4.78, 5) is 4.31. The lowest BCUT2D eigenvalue weighted by molar-refractivity contribution is 0.599. The SMILES string of the molecule is Cn1c(NS(=O)(=O)Cc2ccccc2)nc2ccccc21. The minimum atomic E-state index is -3.49. The predicted octanol–water partition coefficient (Wildman–Crippen LogP) is 2.52. The first-order valence-electron chi connectivity index (χ1n) is 6.51. The maximum Gasteiger partial charge on any atom is 0.239 e. The minimum Gasteiger partial charge on any atom is -0.313 e. The molecule has 3 aromatic rings. The molecule has 0 aliphatic carbocycles. The van der Waals surface area contributed by atoms with Gasteiger partial charge in [0.2, 0.25) is 16.0 Å². The molecule has 6 heteroatoms. The van der Waals surface area contributed by atoms with Gasteiger partial charge in [-0.25, -0.2) is 13.4 Å². The summed E-state index contributed by atoms with van der Waals surface area (Å²) in [6, 6.07) is 16.6. The fourth-order valence-electron chi connectivity index (χ4n) is 2.21. The molecule has 0 spiro atoms. The van der Waals surface area contributed by atoms with E-state index >= 15 is 0 Å². The van der Waals surface area contributed by atoms with E-state index in [2.05, 4.69) is 9.71 Å². The third-order valence-electron chi connectivity index (χ3n) is 3.23. The van der Waals surface area contributed by atoms with Gasteiger partial charge in [0.1, 0.15) is 0 Å². The van der Waals surface area contributed by atoms with Crippen molar-refractivity contribution in [3.63, 3.8) is 0 Å². The smallest absolute Gasteiger partial charge is 0.239 e. The summed E-state index contributed by atoms with van der Waals surface area (Å²) in [5, 5.41) is 0. The number of imidazole rings is 1. The molecule has 5 nitrogen and oxygen atoms in total. The van der Waals surface area contributed by atoms with Crippen molar-refractivity contribution < 1.29 is 8.42 Å². The van der Waals surface area contributed by atoms with Crippen molar-refractivity contribution in [2.75, 3.05) is 4.72 Å². The number of nitrogens with one attached hydrogen (secondary N) is 1. The highest BCUT2D eigenvalue weighted by atomic mass is 32.2. The van der Waals surface area contributed by atoms with Crippen LogP contribution >= 0.6 is 0 Å². The summed E-state index contributed by atoms with van der Waals surface area (Å²) >= 11 is 0. The Morgan fingerprint density at radius 1 is 1.05 bits per heavy atom. The molecule has 0 aliphatic heterocycles. The van der Waals surface area contributed by atoms with E-state index in [-0.39, 0.29) is 5.75 Å². The number of nitrogens with zero attached hydrogens (tertiary/aromatic N) is 2. The number of fused-ring (bicyclic) bond motifs is 1. The molecule has 0 saturated carbocycles. The van der Waals surface area contributed by atoms with Gasteiger partial charge >= 0.3 is 0 Å². The lowest BCUT2D eigenvalue weighted by Gasteiger charge is -2.07. The topological polar surface area (TPSA) is 64.0 Å². The Hall–Kier alpha value is -2.34. The first-order chi connectivity index (χ1) is 10.1. The van der Waals surface area contributed by atoms with Crippen LogP contribution in [0.1, 0.15) is 5.56 Å². The first kappa shape index (κ1) is 13.6. The standard InChI is InChI=1S/C15H15N3O2S/c1-18-14-10-6-5-9-13(14)16-15(18)17-21(19,20)11-12-7-3-2-4-8-12/h2-10H,11H2,1H3,(H,16,17). The van der Waals surface area contributed by atoms with Crippen molar-refractivity contribution in [3.8, 4) is 0 Å². The normalized spacial score (nSPS) is 11.7. The fourth-order valence-corrected chi connectivity index (χ4v) is 3.37. The number of sulfonamides is 1. The predicted molar refractivity (Wildman–Crippen MR) is 83.4 cm³/mol. The van der Waals surface area contributed by atoms with E-state index in [9.17, 15) is 8.42 Å². The van der Waals surface area contributed by atoms with Gasteiger partial charge < -0.3 is 4.57 Å². The first-order valence-corrected chi connectivity index (χ1v) is 8.16. The van der Waals surface area contributed by atoms with Gasteiger partial charge in [0.25, 0.3) is 0 Å². The number of hydrogen-bond acceptors (Lipinski definition) is 3. The van der Waals surface area contributed by atoms with Crippen LogP contribution in [-0.2, 0) is 22.8 Å². The third kappa shape index (κ3) is 2.90. The van der Waals surface area contributed by atoms with Crippen molar-refractivity contribution in [2.45, 2.75) is 5.75 Å². The van der Waals surface area contributed by atoms with E-state index in [1.807, 2.05) is 42.5 Å². The van der Waals surface area contributed by atoms with Gasteiger partial charge in [0, 0.05) is 7.05 Å². The second-order valence-electron chi connectivity index (χ2n) is 4.83. The molecule has 0 unspecified atom stereocenters. The molecule has 3 rings (SSSR count). The molecule has 1 aromatic heterocycles. The van der Waals surface area contributed by atoms with Crippen LogP contribution in [0.5, 0.6) is 0 Å². The molecular formula is C15H15N3O2S. The monoisotopic (exact) mass is 301 g/mol. The van der Waals surface area contributed by atoms with E-state index in [0.717, 1.165) is 16.6 Å². The van der Waals surface area contributed by atoms with Crippen molar-refractivity contribution >= 4 is 27.0 Å². The molecule has 0 atom stereocenters.